The number of thiazole rings is 1. The van der Waals surface area contributed by atoms with Crippen LogP contribution in [0.2, 0.25) is 0 Å². The van der Waals surface area contributed by atoms with Crippen LogP contribution in [0.25, 0.3) is 38.3 Å². The number of nitrogens with zero attached hydrogens (tertiary/aromatic N) is 5. The lowest BCUT2D eigenvalue weighted by Crippen LogP contribution is -1.89. The van der Waals surface area contributed by atoms with E-state index in [0.717, 1.165) is 42.6 Å². The molecule has 0 bridgehead atoms. The number of pyridine rings is 1. The highest BCUT2D eigenvalue weighted by molar-refractivity contribution is 9.10. The quantitative estimate of drug-likeness (QED) is 0.432. The van der Waals surface area contributed by atoms with Gasteiger partial charge in [-0.1, -0.05) is 30.3 Å². The summed E-state index contributed by atoms with van der Waals surface area (Å²) in [5.41, 5.74) is 4.74. The smallest absolute Gasteiger partial charge is 0.167 e. The zero-order valence-corrected chi connectivity index (χ0v) is 16.6. The lowest BCUT2D eigenvalue weighted by Gasteiger charge is -2.00. The molecule has 4 heterocycles. The molecule has 0 aliphatic rings. The molecular formula is C19H13BrN6S. The zero-order valence-electron chi connectivity index (χ0n) is 14.2. The van der Waals surface area contributed by atoms with E-state index in [-0.39, 0.29) is 0 Å². The molecule has 27 heavy (non-hydrogen) atoms. The number of aromatic nitrogens is 6. The van der Waals surface area contributed by atoms with Crippen molar-refractivity contribution in [2.45, 2.75) is 6.92 Å². The topological polar surface area (TPSA) is 71.8 Å². The van der Waals surface area contributed by atoms with E-state index < -0.39 is 0 Å². The molecule has 1 N–H and O–H groups in total. The highest BCUT2D eigenvalue weighted by atomic mass is 79.9. The highest BCUT2D eigenvalue weighted by Crippen LogP contribution is 2.40. The summed E-state index contributed by atoms with van der Waals surface area (Å²) < 4.78 is 3.06. The fourth-order valence-corrected chi connectivity index (χ4v) is 4.55. The Bertz CT molecular complexity index is 1240. The monoisotopic (exact) mass is 436 g/mol. The molecular weight excluding hydrogens is 424 g/mol. The summed E-state index contributed by atoms with van der Waals surface area (Å²) in [5.74, 6) is 0.713. The van der Waals surface area contributed by atoms with Crippen molar-refractivity contribution in [1.82, 2.24) is 29.5 Å². The third-order valence-electron chi connectivity index (χ3n) is 4.26. The first-order chi connectivity index (χ1) is 13.2. The van der Waals surface area contributed by atoms with E-state index in [1.807, 2.05) is 43.5 Å². The van der Waals surface area contributed by atoms with Crippen LogP contribution in [0.3, 0.4) is 0 Å². The number of rotatable bonds is 3. The molecule has 0 saturated carbocycles. The van der Waals surface area contributed by atoms with Gasteiger partial charge in [0, 0.05) is 16.2 Å². The molecule has 0 aliphatic carbocycles. The number of hydrogen-bond acceptors (Lipinski definition) is 5. The van der Waals surface area contributed by atoms with Gasteiger partial charge in [-0.25, -0.2) is 15.0 Å². The SMILES string of the molecule is Cc1nc2ccc(Br)cn2c1-c1nc(-c2ccccc2)c(-c2ncn[nH]2)s1. The van der Waals surface area contributed by atoms with Gasteiger partial charge in [0.2, 0.25) is 0 Å². The number of halogens is 1. The molecule has 0 amide bonds. The average molecular weight is 437 g/mol. The summed E-state index contributed by atoms with van der Waals surface area (Å²) in [6.07, 6.45) is 3.53. The Morgan fingerprint density at radius 2 is 1.93 bits per heavy atom. The van der Waals surface area contributed by atoms with Crippen LogP contribution in [0.15, 0.2) is 59.5 Å². The number of aromatic amines is 1. The average Bonchev–Trinajstić information content (AvgIpc) is 3.39. The molecule has 4 aromatic heterocycles. The summed E-state index contributed by atoms with van der Waals surface area (Å²) in [5, 5.41) is 7.86. The third-order valence-corrected chi connectivity index (χ3v) is 5.80. The molecule has 0 aliphatic heterocycles. The minimum Gasteiger partial charge on any atom is -0.296 e. The van der Waals surface area contributed by atoms with E-state index in [2.05, 4.69) is 52.6 Å². The zero-order chi connectivity index (χ0) is 18.4. The van der Waals surface area contributed by atoms with Gasteiger partial charge in [0.15, 0.2) is 5.82 Å². The molecule has 6 nitrogen and oxygen atoms in total. The van der Waals surface area contributed by atoms with Gasteiger partial charge in [-0.2, -0.15) is 5.10 Å². The van der Waals surface area contributed by atoms with Crippen molar-refractivity contribution in [3.8, 4) is 32.7 Å². The third kappa shape index (κ3) is 2.77. The second kappa shape index (κ2) is 6.40. The summed E-state index contributed by atoms with van der Waals surface area (Å²) >= 11 is 5.13. The number of fused-ring (bicyclic) bond motifs is 1. The minimum atomic E-state index is 0.713. The van der Waals surface area contributed by atoms with E-state index in [9.17, 15) is 0 Å². The fourth-order valence-electron chi connectivity index (χ4n) is 3.08. The maximum absolute atomic E-state index is 4.97. The van der Waals surface area contributed by atoms with Crippen molar-refractivity contribution in [2.75, 3.05) is 0 Å². The Kier molecular flexibility index (Phi) is 3.87. The first kappa shape index (κ1) is 16.3. The maximum atomic E-state index is 4.97. The van der Waals surface area contributed by atoms with Gasteiger partial charge in [0.1, 0.15) is 22.7 Å². The van der Waals surface area contributed by atoms with Crippen molar-refractivity contribution in [2.24, 2.45) is 0 Å². The molecule has 5 rings (SSSR count). The second-order valence-electron chi connectivity index (χ2n) is 6.02. The Labute approximate surface area is 167 Å². The molecule has 0 spiro atoms. The predicted octanol–water partition coefficient (Wildman–Crippen LogP) is 4.98. The number of hydrogen-bond donors (Lipinski definition) is 1. The van der Waals surface area contributed by atoms with Gasteiger partial charge in [-0.05, 0) is 35.0 Å². The molecule has 0 unspecified atom stereocenters. The molecule has 132 valence electrons. The number of nitrogens with one attached hydrogen (secondary N) is 1. The van der Waals surface area contributed by atoms with Gasteiger partial charge in [-0.3, -0.25) is 9.50 Å². The van der Waals surface area contributed by atoms with E-state index >= 15 is 0 Å². The van der Waals surface area contributed by atoms with Crippen molar-refractivity contribution in [3.63, 3.8) is 0 Å². The summed E-state index contributed by atoms with van der Waals surface area (Å²) in [6.45, 7) is 2.01. The Morgan fingerprint density at radius 3 is 2.70 bits per heavy atom. The highest BCUT2D eigenvalue weighted by Gasteiger charge is 2.21. The Balaban J connectivity index is 1.78. The van der Waals surface area contributed by atoms with Gasteiger partial charge in [-0.15, -0.1) is 11.3 Å². The molecule has 0 atom stereocenters. The van der Waals surface area contributed by atoms with E-state index in [1.54, 1.807) is 11.3 Å². The number of aryl methyl sites for hydroxylation is 1. The molecule has 0 saturated heterocycles. The van der Waals surface area contributed by atoms with Crippen LogP contribution < -0.4 is 0 Å². The number of benzene rings is 1. The lowest BCUT2D eigenvalue weighted by atomic mass is 10.1. The fraction of sp³-hybridized carbons (Fsp3) is 0.0526. The van der Waals surface area contributed by atoms with Crippen LogP contribution in [0.1, 0.15) is 5.69 Å². The Morgan fingerprint density at radius 1 is 1.07 bits per heavy atom. The van der Waals surface area contributed by atoms with Crippen LogP contribution in [0, 0.1) is 6.92 Å². The first-order valence-corrected chi connectivity index (χ1v) is 9.88. The van der Waals surface area contributed by atoms with Crippen LogP contribution in [0.4, 0.5) is 0 Å². The normalized spacial score (nSPS) is 11.3. The molecule has 0 fully saturated rings. The van der Waals surface area contributed by atoms with E-state index in [1.165, 1.54) is 6.33 Å². The summed E-state index contributed by atoms with van der Waals surface area (Å²) in [6, 6.07) is 14.1. The van der Waals surface area contributed by atoms with Gasteiger partial charge < -0.3 is 0 Å². The van der Waals surface area contributed by atoms with Crippen molar-refractivity contribution in [3.05, 3.63) is 65.2 Å². The Hall–Kier alpha value is -2.84. The molecule has 1 aromatic carbocycles. The van der Waals surface area contributed by atoms with Crippen molar-refractivity contribution >= 4 is 32.9 Å². The molecule has 0 radical (unpaired) electrons. The minimum absolute atomic E-state index is 0.713. The van der Waals surface area contributed by atoms with Crippen LogP contribution in [0.5, 0.6) is 0 Å². The summed E-state index contributed by atoms with van der Waals surface area (Å²) in [4.78, 5) is 14.9. The lowest BCUT2D eigenvalue weighted by molar-refractivity contribution is 1.10. The molecule has 8 heteroatoms. The van der Waals surface area contributed by atoms with Crippen molar-refractivity contribution < 1.29 is 0 Å². The largest absolute Gasteiger partial charge is 0.296 e. The second-order valence-corrected chi connectivity index (χ2v) is 7.93. The standard InChI is InChI=1S/C19H13BrN6S/c1-11-16(26-9-13(20)7-8-14(26)23-11)19-24-15(12-5-3-2-4-6-12)17(27-19)18-21-10-22-25-18/h2-10H,1H3,(H,21,22,25). The van der Waals surface area contributed by atoms with Gasteiger partial charge >= 0.3 is 0 Å². The van der Waals surface area contributed by atoms with Crippen LogP contribution >= 0.6 is 27.3 Å². The van der Waals surface area contributed by atoms with E-state index in [4.69, 9.17) is 4.98 Å². The number of imidazole rings is 1. The van der Waals surface area contributed by atoms with E-state index in [0.29, 0.717) is 5.82 Å². The van der Waals surface area contributed by atoms with Crippen LogP contribution in [-0.2, 0) is 0 Å². The summed E-state index contributed by atoms with van der Waals surface area (Å²) in [7, 11) is 0. The van der Waals surface area contributed by atoms with Gasteiger partial charge in [0.05, 0.1) is 16.3 Å². The van der Waals surface area contributed by atoms with Crippen LogP contribution in [-0.4, -0.2) is 29.5 Å². The maximum Gasteiger partial charge on any atom is 0.167 e. The molecule has 5 aromatic rings. The van der Waals surface area contributed by atoms with Gasteiger partial charge in [0.25, 0.3) is 0 Å². The number of H-pyrrole nitrogens is 1. The first-order valence-electron chi connectivity index (χ1n) is 8.27. The van der Waals surface area contributed by atoms with Crippen molar-refractivity contribution in [1.29, 1.82) is 0 Å². The predicted molar refractivity (Wildman–Crippen MR) is 110 cm³/mol.